The first-order valence-electron chi connectivity index (χ1n) is 7.06. The molecule has 0 unspecified atom stereocenters. The van der Waals surface area contributed by atoms with Crippen molar-refractivity contribution in [1.29, 1.82) is 0 Å². The normalized spacial score (nSPS) is 18.4. The SMILES string of the molecule is CC.CCN1CCN(CC(=O)/C=C(/C)C(F)(F)F)CC1. The number of hydrogen-bond donors (Lipinski definition) is 0. The third-order valence-corrected chi connectivity index (χ3v) is 3.12. The number of ketones is 1. The molecule has 0 saturated carbocycles. The highest BCUT2D eigenvalue weighted by molar-refractivity contribution is 5.92. The molecule has 118 valence electrons. The van der Waals surface area contributed by atoms with Gasteiger partial charge in [0.2, 0.25) is 0 Å². The first kappa shape index (κ1) is 19.1. The average molecular weight is 294 g/mol. The quantitative estimate of drug-likeness (QED) is 0.745. The predicted molar refractivity (Wildman–Crippen MR) is 74.7 cm³/mol. The van der Waals surface area contributed by atoms with E-state index in [1.54, 1.807) is 0 Å². The van der Waals surface area contributed by atoms with Crippen LogP contribution in [-0.4, -0.2) is 61.0 Å². The molecule has 20 heavy (non-hydrogen) atoms. The lowest BCUT2D eigenvalue weighted by molar-refractivity contribution is -0.117. The van der Waals surface area contributed by atoms with Crippen molar-refractivity contribution in [3.63, 3.8) is 0 Å². The van der Waals surface area contributed by atoms with E-state index < -0.39 is 17.5 Å². The molecule has 0 atom stereocenters. The van der Waals surface area contributed by atoms with Crippen molar-refractivity contribution < 1.29 is 18.0 Å². The fraction of sp³-hybridized carbons (Fsp3) is 0.786. The molecular formula is C14H25F3N2O. The summed E-state index contributed by atoms with van der Waals surface area (Å²) < 4.78 is 36.7. The van der Waals surface area contributed by atoms with Crippen molar-refractivity contribution in [3.05, 3.63) is 11.6 Å². The van der Waals surface area contributed by atoms with Gasteiger partial charge in [-0.15, -0.1) is 0 Å². The number of rotatable bonds is 4. The van der Waals surface area contributed by atoms with E-state index in [9.17, 15) is 18.0 Å². The maximum Gasteiger partial charge on any atom is 0.412 e. The molecule has 0 spiro atoms. The second kappa shape index (κ2) is 9.13. The zero-order chi connectivity index (χ0) is 15.8. The molecule has 0 N–H and O–H groups in total. The zero-order valence-corrected chi connectivity index (χ0v) is 12.8. The standard InChI is InChI=1S/C12H19F3N2O.C2H6/c1-3-16-4-6-17(7-5-16)9-11(18)8-10(2)12(13,14)15;1-2/h8H,3-7,9H2,1-2H3;1-2H3/b10-8-;. The minimum Gasteiger partial charge on any atom is -0.301 e. The van der Waals surface area contributed by atoms with E-state index in [1.807, 2.05) is 18.7 Å². The molecular weight excluding hydrogens is 269 g/mol. The van der Waals surface area contributed by atoms with Gasteiger partial charge in [0.25, 0.3) is 0 Å². The molecule has 0 aliphatic carbocycles. The summed E-state index contributed by atoms with van der Waals surface area (Å²) in [5.41, 5.74) is -0.834. The summed E-state index contributed by atoms with van der Waals surface area (Å²) in [6, 6.07) is 0. The van der Waals surface area contributed by atoms with Gasteiger partial charge in [-0.2, -0.15) is 13.2 Å². The minimum absolute atomic E-state index is 0.0744. The fourth-order valence-corrected chi connectivity index (χ4v) is 1.85. The summed E-state index contributed by atoms with van der Waals surface area (Å²) in [7, 11) is 0. The van der Waals surface area contributed by atoms with Crippen LogP contribution in [0.3, 0.4) is 0 Å². The van der Waals surface area contributed by atoms with Gasteiger partial charge in [0.15, 0.2) is 5.78 Å². The van der Waals surface area contributed by atoms with Crippen molar-refractivity contribution in [3.8, 4) is 0 Å². The van der Waals surface area contributed by atoms with Crippen LogP contribution in [0.1, 0.15) is 27.7 Å². The molecule has 0 aromatic rings. The van der Waals surface area contributed by atoms with Crippen molar-refractivity contribution in [2.75, 3.05) is 39.3 Å². The lowest BCUT2D eigenvalue weighted by Crippen LogP contribution is -2.47. The van der Waals surface area contributed by atoms with Crippen LogP contribution >= 0.6 is 0 Å². The molecule has 1 heterocycles. The molecule has 0 bridgehead atoms. The number of hydrogen-bond acceptors (Lipinski definition) is 3. The monoisotopic (exact) mass is 294 g/mol. The van der Waals surface area contributed by atoms with Gasteiger partial charge in [0.1, 0.15) is 0 Å². The van der Waals surface area contributed by atoms with Crippen LogP contribution in [0.2, 0.25) is 0 Å². The predicted octanol–water partition coefficient (Wildman–Crippen LogP) is 2.73. The van der Waals surface area contributed by atoms with Crippen LogP contribution < -0.4 is 0 Å². The summed E-state index contributed by atoms with van der Waals surface area (Å²) in [6.45, 7) is 11.2. The van der Waals surface area contributed by atoms with Gasteiger partial charge in [-0.25, -0.2) is 0 Å². The molecule has 1 aliphatic rings. The number of nitrogens with zero attached hydrogens (tertiary/aromatic N) is 2. The van der Waals surface area contributed by atoms with E-state index in [2.05, 4.69) is 11.8 Å². The van der Waals surface area contributed by atoms with Crippen LogP contribution in [0.25, 0.3) is 0 Å². The Kier molecular flexibility index (Phi) is 8.73. The number of carbonyl (C=O) groups excluding carboxylic acids is 1. The maximum atomic E-state index is 12.2. The topological polar surface area (TPSA) is 23.6 Å². The van der Waals surface area contributed by atoms with Gasteiger partial charge in [-0.1, -0.05) is 20.8 Å². The number of piperazine rings is 1. The van der Waals surface area contributed by atoms with Crippen LogP contribution in [0.4, 0.5) is 13.2 Å². The van der Waals surface area contributed by atoms with Gasteiger partial charge in [-0.3, -0.25) is 9.69 Å². The highest BCUT2D eigenvalue weighted by atomic mass is 19.4. The first-order chi connectivity index (χ1) is 9.32. The molecule has 0 aromatic carbocycles. The number of likely N-dealkylation sites (N-methyl/N-ethyl adjacent to an activating group) is 1. The largest absolute Gasteiger partial charge is 0.412 e. The number of alkyl halides is 3. The van der Waals surface area contributed by atoms with Gasteiger partial charge < -0.3 is 4.90 Å². The Labute approximate surface area is 119 Å². The van der Waals surface area contributed by atoms with Crippen molar-refractivity contribution in [2.24, 2.45) is 0 Å². The Hall–Kier alpha value is -0.880. The van der Waals surface area contributed by atoms with Gasteiger partial charge in [0.05, 0.1) is 6.54 Å². The summed E-state index contributed by atoms with van der Waals surface area (Å²) >= 11 is 0. The lowest BCUT2D eigenvalue weighted by Gasteiger charge is -2.33. The summed E-state index contributed by atoms with van der Waals surface area (Å²) in [6.07, 6.45) is -3.71. The molecule has 0 radical (unpaired) electrons. The Bertz CT molecular complexity index is 319. The van der Waals surface area contributed by atoms with E-state index >= 15 is 0 Å². The van der Waals surface area contributed by atoms with Crippen molar-refractivity contribution in [2.45, 2.75) is 33.9 Å². The molecule has 1 rings (SSSR count). The minimum atomic E-state index is -4.41. The van der Waals surface area contributed by atoms with E-state index in [4.69, 9.17) is 0 Å². The summed E-state index contributed by atoms with van der Waals surface area (Å²) in [5.74, 6) is -0.477. The zero-order valence-electron chi connectivity index (χ0n) is 12.8. The number of carbonyl (C=O) groups is 1. The fourth-order valence-electron chi connectivity index (χ4n) is 1.85. The first-order valence-corrected chi connectivity index (χ1v) is 7.06. The molecule has 6 heteroatoms. The Morgan fingerprint density at radius 2 is 1.55 bits per heavy atom. The second-order valence-corrected chi connectivity index (χ2v) is 4.50. The van der Waals surface area contributed by atoms with E-state index in [1.165, 1.54) is 0 Å². The molecule has 1 saturated heterocycles. The number of allylic oxidation sites excluding steroid dienone is 1. The molecule has 1 fully saturated rings. The average Bonchev–Trinajstić information content (AvgIpc) is 2.40. The third-order valence-electron chi connectivity index (χ3n) is 3.12. The Balaban J connectivity index is 0.00000172. The van der Waals surface area contributed by atoms with E-state index in [0.717, 1.165) is 39.6 Å². The van der Waals surface area contributed by atoms with Crippen molar-refractivity contribution >= 4 is 5.78 Å². The van der Waals surface area contributed by atoms with E-state index in [0.29, 0.717) is 6.08 Å². The molecule has 0 aromatic heterocycles. The lowest BCUT2D eigenvalue weighted by atomic mass is 10.2. The third kappa shape index (κ3) is 7.05. The summed E-state index contributed by atoms with van der Waals surface area (Å²) in [4.78, 5) is 15.6. The van der Waals surface area contributed by atoms with Gasteiger partial charge in [-0.05, 0) is 19.5 Å². The van der Waals surface area contributed by atoms with Crippen LogP contribution in [0, 0.1) is 0 Å². The summed E-state index contributed by atoms with van der Waals surface area (Å²) in [5, 5.41) is 0. The van der Waals surface area contributed by atoms with Gasteiger partial charge >= 0.3 is 6.18 Å². The van der Waals surface area contributed by atoms with Crippen LogP contribution in [-0.2, 0) is 4.79 Å². The number of halogens is 3. The Morgan fingerprint density at radius 1 is 1.10 bits per heavy atom. The highest BCUT2D eigenvalue weighted by Gasteiger charge is 2.30. The van der Waals surface area contributed by atoms with Crippen molar-refractivity contribution in [1.82, 2.24) is 9.80 Å². The molecule has 1 aliphatic heterocycles. The Morgan fingerprint density at radius 3 is 1.95 bits per heavy atom. The smallest absolute Gasteiger partial charge is 0.301 e. The highest BCUT2D eigenvalue weighted by Crippen LogP contribution is 2.24. The molecule has 3 nitrogen and oxygen atoms in total. The van der Waals surface area contributed by atoms with Crippen LogP contribution in [0.15, 0.2) is 11.6 Å². The van der Waals surface area contributed by atoms with Gasteiger partial charge in [0, 0.05) is 31.8 Å². The van der Waals surface area contributed by atoms with E-state index in [-0.39, 0.29) is 6.54 Å². The second-order valence-electron chi connectivity index (χ2n) is 4.50. The maximum absolute atomic E-state index is 12.2. The van der Waals surface area contributed by atoms with Crippen LogP contribution in [0.5, 0.6) is 0 Å². The molecule has 0 amide bonds.